The summed E-state index contributed by atoms with van der Waals surface area (Å²) in [5, 5.41) is 0. The number of carbonyl (C=O) groups excluding carboxylic acids is 3. The first-order valence-electron chi connectivity index (χ1n) is 13.5. The smallest absolute Gasteiger partial charge is 0.426 e. The number of halogens is 1. The summed E-state index contributed by atoms with van der Waals surface area (Å²) < 4.78 is 19.4. The lowest BCUT2D eigenvalue weighted by Crippen LogP contribution is -3.00. The Morgan fingerprint density at radius 3 is 1.95 bits per heavy atom. The predicted molar refractivity (Wildman–Crippen MR) is 157 cm³/mol. The number of aromatic nitrogens is 2. The second-order valence-corrected chi connectivity index (χ2v) is 10.5. The molecule has 0 aliphatic heterocycles. The lowest BCUT2D eigenvalue weighted by molar-refractivity contribution is -0.688. The van der Waals surface area contributed by atoms with Gasteiger partial charge in [0.15, 0.2) is 36.1 Å². The van der Waals surface area contributed by atoms with Crippen LogP contribution in [0.15, 0.2) is 91.3 Å². The second kappa shape index (κ2) is 15.4. The first kappa shape index (κ1) is 33.3. The van der Waals surface area contributed by atoms with E-state index in [9.17, 15) is 14.4 Å². The Bertz CT molecular complexity index is 1560. The number of hydrazine groups is 1. The van der Waals surface area contributed by atoms with Gasteiger partial charge in [-0.3, -0.25) is 15.0 Å². The summed E-state index contributed by atoms with van der Waals surface area (Å²) in [5.74, 6) is -0.630. The van der Waals surface area contributed by atoms with E-state index in [1.54, 1.807) is 49.9 Å². The standard InChI is InChI=1S/C32H33N5O6.ClH/c1-32(2,3)43-31(40)36-35-30(39)25-18-27(41-20-22-10-6-4-7-11-22)28(42-21-23-12-8-5-9-13-23)26(34-25)19-37-16-14-24(15-17-37)29(33)38;/h4-18,38H,19-21,33H2,1-3H3;1H. The molecule has 0 fully saturated rings. The molecule has 0 aliphatic carbocycles. The van der Waals surface area contributed by atoms with Gasteiger partial charge in [-0.15, -0.1) is 0 Å². The van der Waals surface area contributed by atoms with Crippen molar-refractivity contribution in [3.63, 3.8) is 0 Å². The van der Waals surface area contributed by atoms with Crippen LogP contribution in [-0.2, 0) is 24.5 Å². The Labute approximate surface area is 261 Å². The average molecular weight is 620 g/mol. The highest BCUT2D eigenvalue weighted by atomic mass is 35.5. The molecule has 4 N–H and O–H groups in total. The number of nitrogens with zero attached hydrogens (tertiary/aromatic N) is 2. The number of hydrogen-bond acceptors (Lipinski definition) is 7. The summed E-state index contributed by atoms with van der Waals surface area (Å²) in [4.78, 5) is 41.4. The average Bonchev–Trinajstić information content (AvgIpc) is 2.98. The lowest BCUT2D eigenvalue weighted by Gasteiger charge is -2.20. The van der Waals surface area contributed by atoms with Crippen LogP contribution in [0, 0.1) is 0 Å². The maximum atomic E-state index is 13.2. The predicted octanol–water partition coefficient (Wildman–Crippen LogP) is 0.848. The molecule has 2 heterocycles. The van der Waals surface area contributed by atoms with Crippen molar-refractivity contribution in [1.29, 1.82) is 0 Å². The quantitative estimate of drug-likeness (QED) is 0.176. The maximum Gasteiger partial charge on any atom is 0.426 e. The highest BCUT2D eigenvalue weighted by Gasteiger charge is 2.24. The number of pyridine rings is 2. The van der Waals surface area contributed by atoms with Crippen LogP contribution >= 0.6 is 0 Å². The Kier molecular flexibility index (Phi) is 11.6. The minimum Gasteiger partial charge on any atom is -1.00 e. The molecule has 11 nitrogen and oxygen atoms in total. The minimum absolute atomic E-state index is 0. The van der Waals surface area contributed by atoms with Gasteiger partial charge in [0.2, 0.25) is 5.91 Å². The largest absolute Gasteiger partial charge is 1.00 e. The Hall–Kier alpha value is -5.16. The molecular weight excluding hydrogens is 586 g/mol. The summed E-state index contributed by atoms with van der Waals surface area (Å²) >= 11 is 0. The molecule has 3 amide bonds. The Morgan fingerprint density at radius 1 is 0.841 bits per heavy atom. The van der Waals surface area contributed by atoms with Gasteiger partial charge in [-0.25, -0.2) is 15.2 Å². The van der Waals surface area contributed by atoms with E-state index in [1.807, 2.05) is 60.7 Å². The normalized spacial score (nSPS) is 10.6. The fourth-order valence-electron chi connectivity index (χ4n) is 3.89. The van der Waals surface area contributed by atoms with E-state index in [4.69, 9.17) is 19.9 Å². The molecule has 0 saturated carbocycles. The van der Waals surface area contributed by atoms with E-state index < -0.39 is 23.5 Å². The summed E-state index contributed by atoms with van der Waals surface area (Å²) in [6, 6.07) is 23.8. The molecule has 0 atom stereocenters. The van der Waals surface area contributed by atoms with Crippen LogP contribution in [0.2, 0.25) is 0 Å². The molecule has 4 rings (SSSR count). The summed E-state index contributed by atoms with van der Waals surface area (Å²) in [5.41, 5.74) is 11.7. The van der Waals surface area contributed by atoms with E-state index in [0.29, 0.717) is 17.0 Å². The van der Waals surface area contributed by atoms with Crippen LogP contribution in [-0.4, -0.2) is 28.5 Å². The molecule has 0 spiro atoms. The number of rotatable bonds is 10. The molecule has 230 valence electrons. The van der Waals surface area contributed by atoms with E-state index >= 15 is 0 Å². The number of nitrogens with two attached hydrogens (primary N) is 1. The van der Waals surface area contributed by atoms with Gasteiger partial charge in [0.1, 0.15) is 24.5 Å². The van der Waals surface area contributed by atoms with Crippen LogP contribution in [0.3, 0.4) is 0 Å². The SMILES string of the molecule is CC(C)(C)OC(=O)NNC(=O)c1cc(OCc2ccccc2)c(OCc2ccccc2)c(C[n+]2ccc(C(N)=O)cc2)n1.[Cl-]. The van der Waals surface area contributed by atoms with Crippen molar-refractivity contribution in [3.8, 4) is 11.5 Å². The van der Waals surface area contributed by atoms with Gasteiger partial charge >= 0.3 is 6.09 Å². The van der Waals surface area contributed by atoms with Crippen molar-refractivity contribution < 1.29 is 45.6 Å². The van der Waals surface area contributed by atoms with E-state index in [1.165, 1.54) is 6.07 Å². The molecular formula is C32H34ClN5O6. The molecule has 0 saturated heterocycles. The van der Waals surface area contributed by atoms with Crippen LogP contribution in [0.4, 0.5) is 4.79 Å². The van der Waals surface area contributed by atoms with E-state index in [0.717, 1.165) is 11.1 Å². The van der Waals surface area contributed by atoms with Gasteiger partial charge in [-0.2, -0.15) is 4.57 Å². The highest BCUT2D eigenvalue weighted by Crippen LogP contribution is 2.33. The fraction of sp³-hybridized carbons (Fsp3) is 0.219. The molecule has 4 aromatic rings. The monoisotopic (exact) mass is 619 g/mol. The molecule has 0 radical (unpaired) electrons. The van der Waals surface area contributed by atoms with Crippen LogP contribution in [0.5, 0.6) is 11.5 Å². The van der Waals surface area contributed by atoms with Crippen LogP contribution in [0.1, 0.15) is 58.4 Å². The maximum absolute atomic E-state index is 13.2. The Morgan fingerprint density at radius 2 is 1.41 bits per heavy atom. The number of carbonyl (C=O) groups is 3. The van der Waals surface area contributed by atoms with Gasteiger partial charge in [-0.1, -0.05) is 60.7 Å². The van der Waals surface area contributed by atoms with Gasteiger partial charge in [0.05, 0.1) is 5.56 Å². The van der Waals surface area contributed by atoms with Crippen LogP contribution in [0.25, 0.3) is 0 Å². The third-order valence-electron chi connectivity index (χ3n) is 5.89. The van der Waals surface area contributed by atoms with Gasteiger partial charge in [0.25, 0.3) is 5.91 Å². The second-order valence-electron chi connectivity index (χ2n) is 10.5. The Balaban J connectivity index is 0.00000529. The molecule has 12 heteroatoms. The highest BCUT2D eigenvalue weighted by molar-refractivity contribution is 5.94. The molecule has 0 aliphatic rings. The van der Waals surface area contributed by atoms with E-state index in [-0.39, 0.29) is 43.6 Å². The molecule has 2 aromatic carbocycles. The fourth-order valence-corrected chi connectivity index (χ4v) is 3.89. The van der Waals surface area contributed by atoms with Gasteiger partial charge in [0, 0.05) is 18.2 Å². The topological polar surface area (TPSA) is 146 Å². The number of primary amides is 1. The third-order valence-corrected chi connectivity index (χ3v) is 5.89. The van der Waals surface area contributed by atoms with E-state index in [2.05, 4.69) is 15.8 Å². The van der Waals surface area contributed by atoms with Crippen molar-refractivity contribution in [3.05, 3.63) is 119 Å². The number of nitrogens with one attached hydrogen (secondary N) is 2. The zero-order valence-electron chi connectivity index (χ0n) is 24.6. The number of amides is 3. The molecule has 2 aromatic heterocycles. The molecule has 44 heavy (non-hydrogen) atoms. The zero-order valence-corrected chi connectivity index (χ0v) is 25.3. The van der Waals surface area contributed by atoms with Crippen molar-refractivity contribution >= 4 is 17.9 Å². The van der Waals surface area contributed by atoms with Crippen molar-refractivity contribution in [2.45, 2.75) is 46.1 Å². The summed E-state index contributed by atoms with van der Waals surface area (Å²) in [7, 11) is 0. The first-order chi connectivity index (χ1) is 20.6. The van der Waals surface area contributed by atoms with Crippen LogP contribution < -0.4 is 43.0 Å². The lowest BCUT2D eigenvalue weighted by atomic mass is 10.2. The molecule has 0 bridgehead atoms. The van der Waals surface area contributed by atoms with Crippen molar-refractivity contribution in [1.82, 2.24) is 15.8 Å². The number of hydrogen-bond donors (Lipinski definition) is 3. The third kappa shape index (κ3) is 9.99. The summed E-state index contributed by atoms with van der Waals surface area (Å²) in [6.07, 6.45) is 2.52. The zero-order chi connectivity index (χ0) is 30.8. The minimum atomic E-state index is -0.825. The van der Waals surface area contributed by atoms with Gasteiger partial charge in [-0.05, 0) is 31.9 Å². The first-order valence-corrected chi connectivity index (χ1v) is 13.5. The summed E-state index contributed by atoms with van der Waals surface area (Å²) in [6.45, 7) is 5.70. The number of benzene rings is 2. The molecule has 0 unspecified atom stereocenters. The van der Waals surface area contributed by atoms with Gasteiger partial charge < -0.3 is 32.4 Å². The van der Waals surface area contributed by atoms with Crippen molar-refractivity contribution in [2.75, 3.05) is 0 Å². The van der Waals surface area contributed by atoms with Crippen molar-refractivity contribution in [2.24, 2.45) is 5.73 Å². The number of ether oxygens (including phenoxy) is 3.